The van der Waals surface area contributed by atoms with Crippen LogP contribution in [0.4, 0.5) is 0 Å². The molecule has 0 atom stereocenters. The van der Waals surface area contributed by atoms with Gasteiger partial charge in [-0.15, -0.1) is 0 Å². The molecule has 0 spiro atoms. The first kappa shape index (κ1) is 14.6. The van der Waals surface area contributed by atoms with E-state index in [4.69, 9.17) is 14.5 Å². The van der Waals surface area contributed by atoms with Crippen LogP contribution in [-0.2, 0) is 7.05 Å². The van der Waals surface area contributed by atoms with Gasteiger partial charge in [0.25, 0.3) is 0 Å². The van der Waals surface area contributed by atoms with Crippen molar-refractivity contribution in [1.29, 1.82) is 0 Å². The summed E-state index contributed by atoms with van der Waals surface area (Å²) in [6, 6.07) is 14.2. The molecule has 0 radical (unpaired) electrons. The van der Waals surface area contributed by atoms with Crippen LogP contribution in [0.25, 0.3) is 28.3 Å². The molecule has 124 valence electrons. The Labute approximate surface area is 152 Å². The Morgan fingerprint density at radius 1 is 0.960 bits per heavy atom. The van der Waals surface area contributed by atoms with Crippen molar-refractivity contribution in [3.8, 4) is 34.0 Å². The quantitative estimate of drug-likeness (QED) is 0.501. The van der Waals surface area contributed by atoms with Crippen LogP contribution in [0.15, 0.2) is 59.3 Å². The maximum Gasteiger partial charge on any atom is 0.231 e. The number of rotatable bonds is 2. The van der Waals surface area contributed by atoms with Gasteiger partial charge in [-0.3, -0.25) is 4.40 Å². The summed E-state index contributed by atoms with van der Waals surface area (Å²) in [5, 5.41) is 0. The molecule has 4 aromatic rings. The number of hydrogen-bond acceptors (Lipinski definition) is 3. The number of imidazole rings is 2. The lowest BCUT2D eigenvalue weighted by molar-refractivity contribution is 0.174. The van der Waals surface area contributed by atoms with Crippen molar-refractivity contribution >= 4 is 21.7 Å². The summed E-state index contributed by atoms with van der Waals surface area (Å²) in [7, 11) is 2.03. The van der Waals surface area contributed by atoms with Gasteiger partial charge in [-0.2, -0.15) is 0 Å². The second kappa shape index (κ2) is 5.39. The summed E-state index contributed by atoms with van der Waals surface area (Å²) in [6.07, 6.45) is 4.14. The predicted octanol–water partition coefficient (Wildman–Crippen LogP) is 4.50. The van der Waals surface area contributed by atoms with E-state index in [2.05, 4.69) is 43.2 Å². The van der Waals surface area contributed by atoms with Crippen molar-refractivity contribution < 1.29 is 9.47 Å². The molecule has 0 aliphatic carbocycles. The average molecular weight is 396 g/mol. The molecule has 5 rings (SSSR count). The largest absolute Gasteiger partial charge is 0.454 e. The highest BCUT2D eigenvalue weighted by atomic mass is 79.9. The summed E-state index contributed by atoms with van der Waals surface area (Å²) in [5.41, 5.74) is 4.19. The Morgan fingerprint density at radius 3 is 2.52 bits per heavy atom. The molecule has 6 heteroatoms. The monoisotopic (exact) mass is 395 g/mol. The molecule has 1 aliphatic heterocycles. The van der Waals surface area contributed by atoms with Gasteiger partial charge in [0, 0.05) is 29.5 Å². The van der Waals surface area contributed by atoms with Crippen LogP contribution < -0.4 is 9.47 Å². The van der Waals surface area contributed by atoms with Crippen LogP contribution in [0.2, 0.25) is 0 Å². The van der Waals surface area contributed by atoms with Crippen molar-refractivity contribution in [3.05, 3.63) is 59.3 Å². The standard InChI is InChI=1S/C19H14BrN3O2/c1-22-16(12-2-5-14(20)6-3-12)10-23-9-15(21-19(22)23)13-4-7-17-18(8-13)25-11-24-17/h2-10H,11H2,1H3. The zero-order chi connectivity index (χ0) is 17.0. The molecule has 0 saturated heterocycles. The molecule has 3 heterocycles. The fourth-order valence-electron chi connectivity index (χ4n) is 3.14. The maximum absolute atomic E-state index is 5.46. The number of nitrogens with zero attached hydrogens (tertiary/aromatic N) is 3. The summed E-state index contributed by atoms with van der Waals surface area (Å²) < 4.78 is 16.1. The first-order valence-electron chi connectivity index (χ1n) is 7.89. The molecule has 0 amide bonds. The second-order valence-electron chi connectivity index (χ2n) is 5.98. The van der Waals surface area contributed by atoms with Crippen molar-refractivity contribution in [1.82, 2.24) is 14.0 Å². The number of aryl methyl sites for hydroxylation is 1. The van der Waals surface area contributed by atoms with E-state index in [-0.39, 0.29) is 6.79 Å². The second-order valence-corrected chi connectivity index (χ2v) is 6.90. The van der Waals surface area contributed by atoms with Crippen LogP contribution in [-0.4, -0.2) is 20.7 Å². The third-order valence-corrected chi connectivity index (χ3v) is 4.97. The lowest BCUT2D eigenvalue weighted by atomic mass is 10.1. The molecule has 0 N–H and O–H groups in total. The number of fused-ring (bicyclic) bond motifs is 2. The zero-order valence-electron chi connectivity index (χ0n) is 13.4. The summed E-state index contributed by atoms with van der Waals surface area (Å²) in [4.78, 5) is 4.79. The molecular formula is C19H14BrN3O2. The van der Waals surface area contributed by atoms with E-state index in [1.165, 1.54) is 0 Å². The number of benzene rings is 2. The molecule has 0 fully saturated rings. The predicted molar refractivity (Wildman–Crippen MR) is 98.9 cm³/mol. The first-order valence-corrected chi connectivity index (χ1v) is 8.69. The third kappa shape index (κ3) is 2.33. The smallest absolute Gasteiger partial charge is 0.231 e. The van der Waals surface area contributed by atoms with Crippen LogP contribution in [0.1, 0.15) is 0 Å². The molecule has 0 bridgehead atoms. The third-order valence-electron chi connectivity index (χ3n) is 4.44. The highest BCUT2D eigenvalue weighted by Crippen LogP contribution is 2.36. The van der Waals surface area contributed by atoms with E-state index < -0.39 is 0 Å². The summed E-state index contributed by atoms with van der Waals surface area (Å²) in [5.74, 6) is 2.45. The van der Waals surface area contributed by atoms with E-state index in [0.717, 1.165) is 44.3 Å². The minimum Gasteiger partial charge on any atom is -0.454 e. The van der Waals surface area contributed by atoms with Crippen LogP contribution in [0.5, 0.6) is 11.5 Å². The highest BCUT2D eigenvalue weighted by Gasteiger charge is 2.16. The van der Waals surface area contributed by atoms with Gasteiger partial charge in [-0.05, 0) is 35.9 Å². The molecule has 2 aromatic carbocycles. The Balaban J connectivity index is 1.58. The van der Waals surface area contributed by atoms with Crippen LogP contribution in [0, 0.1) is 0 Å². The van der Waals surface area contributed by atoms with E-state index in [1.807, 2.05) is 43.6 Å². The Kier molecular flexibility index (Phi) is 3.15. The van der Waals surface area contributed by atoms with Crippen molar-refractivity contribution in [2.75, 3.05) is 6.79 Å². The fraction of sp³-hybridized carbons (Fsp3) is 0.105. The molecule has 5 nitrogen and oxygen atoms in total. The minimum absolute atomic E-state index is 0.278. The molecule has 25 heavy (non-hydrogen) atoms. The van der Waals surface area contributed by atoms with Crippen LogP contribution in [0.3, 0.4) is 0 Å². The lowest BCUT2D eigenvalue weighted by Gasteiger charge is -2.03. The number of ether oxygens (including phenoxy) is 2. The summed E-state index contributed by atoms with van der Waals surface area (Å²) >= 11 is 3.48. The normalized spacial score (nSPS) is 12.9. The van der Waals surface area contributed by atoms with Gasteiger partial charge >= 0.3 is 0 Å². The Hall–Kier alpha value is -2.73. The first-order chi connectivity index (χ1) is 12.2. The lowest BCUT2D eigenvalue weighted by Crippen LogP contribution is -1.93. The maximum atomic E-state index is 5.46. The Morgan fingerprint density at radius 2 is 1.72 bits per heavy atom. The van der Waals surface area contributed by atoms with Gasteiger partial charge in [0.2, 0.25) is 12.6 Å². The number of aromatic nitrogens is 3. The molecular weight excluding hydrogens is 382 g/mol. The number of halogens is 1. The highest BCUT2D eigenvalue weighted by molar-refractivity contribution is 9.10. The van der Waals surface area contributed by atoms with E-state index >= 15 is 0 Å². The SMILES string of the molecule is Cn1c(-c2ccc(Br)cc2)cn2cc(-c3ccc4c(c3)OCO4)nc12. The zero-order valence-corrected chi connectivity index (χ0v) is 15.0. The van der Waals surface area contributed by atoms with Gasteiger partial charge < -0.3 is 14.0 Å². The van der Waals surface area contributed by atoms with E-state index in [1.54, 1.807) is 0 Å². The Bertz CT molecular complexity index is 1100. The van der Waals surface area contributed by atoms with Crippen LogP contribution >= 0.6 is 15.9 Å². The molecule has 0 unspecified atom stereocenters. The van der Waals surface area contributed by atoms with Gasteiger partial charge in [-0.25, -0.2) is 4.98 Å². The van der Waals surface area contributed by atoms with Gasteiger partial charge in [0.1, 0.15) is 0 Å². The average Bonchev–Trinajstić information content (AvgIpc) is 3.31. The van der Waals surface area contributed by atoms with Gasteiger partial charge in [-0.1, -0.05) is 28.1 Å². The van der Waals surface area contributed by atoms with Gasteiger partial charge in [0.15, 0.2) is 11.5 Å². The minimum atomic E-state index is 0.278. The van der Waals surface area contributed by atoms with E-state index in [0.29, 0.717) is 0 Å². The van der Waals surface area contributed by atoms with E-state index in [9.17, 15) is 0 Å². The fourth-order valence-corrected chi connectivity index (χ4v) is 3.40. The van der Waals surface area contributed by atoms with Gasteiger partial charge in [0.05, 0.1) is 11.4 Å². The van der Waals surface area contributed by atoms with Crippen molar-refractivity contribution in [2.24, 2.45) is 7.05 Å². The number of hydrogen-bond donors (Lipinski definition) is 0. The van der Waals surface area contributed by atoms with Crippen molar-refractivity contribution in [2.45, 2.75) is 0 Å². The summed E-state index contributed by atoms with van der Waals surface area (Å²) in [6.45, 7) is 0.278. The van der Waals surface area contributed by atoms with Crippen molar-refractivity contribution in [3.63, 3.8) is 0 Å². The topological polar surface area (TPSA) is 40.7 Å². The molecule has 0 saturated carbocycles. The molecule has 1 aliphatic rings. The molecule has 2 aromatic heterocycles.